The summed E-state index contributed by atoms with van der Waals surface area (Å²) in [7, 11) is 0. The van der Waals surface area contributed by atoms with Gasteiger partial charge in [0, 0.05) is 17.4 Å². The first-order valence-corrected chi connectivity index (χ1v) is 11.0. The number of aromatic nitrogens is 1. The van der Waals surface area contributed by atoms with Crippen molar-refractivity contribution in [3.05, 3.63) is 83.6 Å². The summed E-state index contributed by atoms with van der Waals surface area (Å²) >= 11 is 0. The maximum Gasteiger partial charge on any atom is 0.412 e. The van der Waals surface area contributed by atoms with Gasteiger partial charge in [0.05, 0.1) is 11.3 Å². The highest BCUT2D eigenvalue weighted by molar-refractivity contribution is 5.92. The average molecular weight is 458 g/mol. The van der Waals surface area contributed by atoms with Gasteiger partial charge in [-0.25, -0.2) is 9.59 Å². The van der Waals surface area contributed by atoms with E-state index >= 15 is 0 Å². The number of benzene rings is 2. The van der Waals surface area contributed by atoms with Crippen molar-refractivity contribution in [2.75, 3.05) is 5.32 Å². The second kappa shape index (κ2) is 11.1. The standard InChI is InChI=1S/C27H27N3O4/c1-27(2,3)34-26(32)30-22-11-7-9-19(16-22)8-6-10-20-17-21(24-12-4-5-15-29-24)13-14-23(20)25(31)33-18-28/h4-5,7,9,11-17H,6,8,10H2,1-3H3,(H,30,32). The first kappa shape index (κ1) is 24.5. The van der Waals surface area contributed by atoms with Crippen LogP contribution in [0.3, 0.4) is 0 Å². The minimum atomic E-state index is -0.673. The molecule has 1 N–H and O–H groups in total. The lowest BCUT2D eigenvalue weighted by atomic mass is 9.96. The van der Waals surface area contributed by atoms with Gasteiger partial charge >= 0.3 is 12.1 Å². The Morgan fingerprint density at radius 3 is 2.56 bits per heavy atom. The maximum atomic E-state index is 12.3. The Kier molecular flexibility index (Phi) is 7.99. The van der Waals surface area contributed by atoms with Crippen molar-refractivity contribution in [1.29, 1.82) is 5.26 Å². The van der Waals surface area contributed by atoms with Gasteiger partial charge in [-0.2, -0.15) is 0 Å². The number of rotatable bonds is 7. The molecule has 1 heterocycles. The lowest BCUT2D eigenvalue weighted by molar-refractivity contribution is 0.0633. The van der Waals surface area contributed by atoms with E-state index in [1.807, 2.05) is 63.2 Å². The van der Waals surface area contributed by atoms with Crippen molar-refractivity contribution in [3.63, 3.8) is 0 Å². The van der Waals surface area contributed by atoms with Crippen LogP contribution in [0.4, 0.5) is 10.5 Å². The molecule has 0 fully saturated rings. The molecule has 0 spiro atoms. The molecule has 0 unspecified atom stereocenters. The molecule has 0 aliphatic carbocycles. The number of aryl methyl sites for hydroxylation is 2. The zero-order valence-electron chi connectivity index (χ0n) is 19.5. The lowest BCUT2D eigenvalue weighted by Crippen LogP contribution is -2.27. The van der Waals surface area contributed by atoms with Gasteiger partial charge in [0.15, 0.2) is 0 Å². The fraction of sp³-hybridized carbons (Fsp3) is 0.259. The van der Waals surface area contributed by atoms with Crippen LogP contribution in [0.2, 0.25) is 0 Å². The van der Waals surface area contributed by atoms with Crippen molar-refractivity contribution >= 4 is 17.7 Å². The molecule has 1 aromatic heterocycles. The highest BCUT2D eigenvalue weighted by atomic mass is 16.6. The number of amides is 1. The Labute approximate surface area is 199 Å². The number of anilines is 1. The van der Waals surface area contributed by atoms with Crippen LogP contribution in [0.5, 0.6) is 0 Å². The number of hydrogen-bond acceptors (Lipinski definition) is 6. The molecule has 3 aromatic rings. The van der Waals surface area contributed by atoms with Gasteiger partial charge in [-0.05, 0) is 87.6 Å². The summed E-state index contributed by atoms with van der Waals surface area (Å²) in [5, 5.41) is 11.5. The molecule has 174 valence electrons. The van der Waals surface area contributed by atoms with Gasteiger partial charge in [0.25, 0.3) is 6.26 Å². The van der Waals surface area contributed by atoms with Crippen LogP contribution in [0, 0.1) is 11.5 Å². The van der Waals surface area contributed by atoms with E-state index in [9.17, 15) is 9.59 Å². The van der Waals surface area contributed by atoms with E-state index in [-0.39, 0.29) is 0 Å². The summed E-state index contributed by atoms with van der Waals surface area (Å²) in [4.78, 5) is 28.7. The van der Waals surface area contributed by atoms with Crippen molar-refractivity contribution in [2.24, 2.45) is 0 Å². The monoisotopic (exact) mass is 457 g/mol. The smallest absolute Gasteiger partial charge is 0.412 e. The number of hydrogen-bond donors (Lipinski definition) is 1. The van der Waals surface area contributed by atoms with Crippen molar-refractivity contribution in [1.82, 2.24) is 4.98 Å². The first-order valence-electron chi connectivity index (χ1n) is 11.0. The predicted octanol–water partition coefficient (Wildman–Crippen LogP) is 5.91. The Hall–Kier alpha value is -4.18. The first-order chi connectivity index (χ1) is 16.2. The van der Waals surface area contributed by atoms with Crippen LogP contribution in [-0.2, 0) is 22.3 Å². The molecule has 0 saturated carbocycles. The largest absolute Gasteiger partial charge is 0.444 e. The van der Waals surface area contributed by atoms with E-state index in [1.165, 1.54) is 6.26 Å². The fourth-order valence-electron chi connectivity index (χ4n) is 3.50. The molecule has 0 aliphatic rings. The third kappa shape index (κ3) is 7.17. The molecular weight excluding hydrogens is 430 g/mol. The minimum Gasteiger partial charge on any atom is -0.444 e. The number of nitriles is 1. The molecule has 7 nitrogen and oxygen atoms in total. The number of carbonyl (C=O) groups excluding carboxylic acids is 2. The molecule has 3 rings (SSSR count). The van der Waals surface area contributed by atoms with E-state index in [0.717, 1.165) is 35.2 Å². The van der Waals surface area contributed by atoms with E-state index in [2.05, 4.69) is 15.0 Å². The number of carbonyl (C=O) groups is 2. The number of esters is 1. The zero-order chi connectivity index (χ0) is 24.6. The quantitative estimate of drug-likeness (QED) is 0.350. The second-order valence-electron chi connectivity index (χ2n) is 8.75. The van der Waals surface area contributed by atoms with Crippen molar-refractivity contribution < 1.29 is 19.1 Å². The maximum absolute atomic E-state index is 12.3. The molecule has 2 aromatic carbocycles. The zero-order valence-corrected chi connectivity index (χ0v) is 19.5. The number of ether oxygens (including phenoxy) is 2. The predicted molar refractivity (Wildman–Crippen MR) is 129 cm³/mol. The SMILES string of the molecule is CC(C)(C)OC(=O)Nc1cccc(CCCc2cc(-c3ccccn3)ccc2C(=O)OC#N)c1. The lowest BCUT2D eigenvalue weighted by Gasteiger charge is -2.19. The molecule has 0 saturated heterocycles. The van der Waals surface area contributed by atoms with E-state index in [1.54, 1.807) is 24.4 Å². The Balaban J connectivity index is 1.71. The highest BCUT2D eigenvalue weighted by Crippen LogP contribution is 2.23. The van der Waals surface area contributed by atoms with Crippen molar-refractivity contribution in [3.8, 4) is 17.5 Å². The van der Waals surface area contributed by atoms with E-state index < -0.39 is 17.7 Å². The van der Waals surface area contributed by atoms with Gasteiger partial charge < -0.3 is 9.47 Å². The molecule has 0 radical (unpaired) electrons. The van der Waals surface area contributed by atoms with Crippen LogP contribution >= 0.6 is 0 Å². The second-order valence-corrected chi connectivity index (χ2v) is 8.75. The Morgan fingerprint density at radius 2 is 1.85 bits per heavy atom. The number of pyridine rings is 1. The number of nitrogens with zero attached hydrogens (tertiary/aromatic N) is 2. The topological polar surface area (TPSA) is 101 Å². The third-order valence-electron chi connectivity index (χ3n) is 4.91. The fourth-order valence-corrected chi connectivity index (χ4v) is 3.50. The molecular formula is C27H27N3O4. The minimum absolute atomic E-state index is 0.363. The summed E-state index contributed by atoms with van der Waals surface area (Å²) in [5.74, 6) is -0.673. The summed E-state index contributed by atoms with van der Waals surface area (Å²) in [6.07, 6.45) is 4.73. The number of nitrogens with one attached hydrogen (secondary N) is 1. The normalized spacial score (nSPS) is 10.8. The van der Waals surface area contributed by atoms with Crippen LogP contribution < -0.4 is 5.32 Å². The molecule has 1 amide bonds. The van der Waals surface area contributed by atoms with Gasteiger partial charge in [-0.3, -0.25) is 10.3 Å². The molecule has 0 bridgehead atoms. The van der Waals surface area contributed by atoms with Gasteiger partial charge in [-0.15, -0.1) is 5.26 Å². The van der Waals surface area contributed by atoms with Gasteiger partial charge in [0.2, 0.25) is 0 Å². The van der Waals surface area contributed by atoms with E-state index in [0.29, 0.717) is 17.7 Å². The van der Waals surface area contributed by atoms with Crippen LogP contribution in [0.15, 0.2) is 66.9 Å². The summed E-state index contributed by atoms with van der Waals surface area (Å²) in [6.45, 7) is 5.44. The molecule has 34 heavy (non-hydrogen) atoms. The molecule has 0 aliphatic heterocycles. The summed E-state index contributed by atoms with van der Waals surface area (Å²) < 4.78 is 9.87. The van der Waals surface area contributed by atoms with E-state index in [4.69, 9.17) is 10.00 Å². The highest BCUT2D eigenvalue weighted by Gasteiger charge is 2.17. The van der Waals surface area contributed by atoms with Crippen LogP contribution in [0.1, 0.15) is 48.7 Å². The van der Waals surface area contributed by atoms with Crippen LogP contribution in [0.25, 0.3) is 11.3 Å². The molecule has 0 atom stereocenters. The third-order valence-corrected chi connectivity index (χ3v) is 4.91. The summed E-state index contributed by atoms with van der Waals surface area (Å²) in [6, 6.07) is 18.6. The Morgan fingerprint density at radius 1 is 1.03 bits per heavy atom. The van der Waals surface area contributed by atoms with Gasteiger partial charge in [-0.1, -0.05) is 24.3 Å². The Bertz CT molecular complexity index is 1190. The van der Waals surface area contributed by atoms with Crippen molar-refractivity contribution in [2.45, 2.75) is 45.6 Å². The summed E-state index contributed by atoms with van der Waals surface area (Å²) in [5.41, 5.74) is 3.94. The average Bonchev–Trinajstić information content (AvgIpc) is 2.79. The van der Waals surface area contributed by atoms with Crippen LogP contribution in [-0.4, -0.2) is 22.6 Å². The van der Waals surface area contributed by atoms with Gasteiger partial charge in [0.1, 0.15) is 5.60 Å². The molecule has 7 heteroatoms.